The summed E-state index contributed by atoms with van der Waals surface area (Å²) in [5, 5.41) is 0. The Morgan fingerprint density at radius 3 is 2.61 bits per heavy atom. The molecule has 1 aromatic rings. The fourth-order valence-electron chi connectivity index (χ4n) is 2.19. The summed E-state index contributed by atoms with van der Waals surface area (Å²) in [6, 6.07) is 3.57. The van der Waals surface area contributed by atoms with Gasteiger partial charge in [0.1, 0.15) is 5.76 Å². The number of carbonyl (C=O) groups is 1. The highest BCUT2D eigenvalue weighted by Crippen LogP contribution is 2.12. The molecule has 5 heteroatoms. The SMILES string of the molecule is Cc1ccc(C(=O)N2CCN(CCCN)CC2)o1. The predicted octanol–water partition coefficient (Wildman–Crippen LogP) is 0.695. The molecule has 1 saturated heterocycles. The minimum Gasteiger partial charge on any atom is -0.456 e. The van der Waals surface area contributed by atoms with E-state index < -0.39 is 0 Å². The van der Waals surface area contributed by atoms with Crippen LogP contribution in [-0.4, -0.2) is 55.0 Å². The van der Waals surface area contributed by atoms with Gasteiger partial charge in [-0.2, -0.15) is 0 Å². The van der Waals surface area contributed by atoms with Crippen LogP contribution in [0.4, 0.5) is 0 Å². The van der Waals surface area contributed by atoms with Crippen molar-refractivity contribution in [3.63, 3.8) is 0 Å². The first kappa shape index (κ1) is 13.1. The summed E-state index contributed by atoms with van der Waals surface area (Å²) in [4.78, 5) is 16.3. The van der Waals surface area contributed by atoms with E-state index >= 15 is 0 Å². The third-order valence-electron chi connectivity index (χ3n) is 3.29. The van der Waals surface area contributed by atoms with E-state index in [4.69, 9.17) is 10.2 Å². The zero-order chi connectivity index (χ0) is 13.0. The summed E-state index contributed by atoms with van der Waals surface area (Å²) in [6.45, 7) is 6.98. The fourth-order valence-corrected chi connectivity index (χ4v) is 2.19. The van der Waals surface area contributed by atoms with E-state index in [0.29, 0.717) is 5.76 Å². The largest absolute Gasteiger partial charge is 0.456 e. The van der Waals surface area contributed by atoms with Crippen molar-refractivity contribution in [1.29, 1.82) is 0 Å². The highest BCUT2D eigenvalue weighted by atomic mass is 16.3. The summed E-state index contributed by atoms with van der Waals surface area (Å²) in [5.41, 5.74) is 5.50. The Hall–Kier alpha value is -1.33. The zero-order valence-electron chi connectivity index (χ0n) is 10.9. The number of amides is 1. The van der Waals surface area contributed by atoms with Crippen LogP contribution in [0.1, 0.15) is 22.7 Å². The van der Waals surface area contributed by atoms with Crippen molar-refractivity contribution in [2.75, 3.05) is 39.3 Å². The van der Waals surface area contributed by atoms with Gasteiger partial charge in [-0.15, -0.1) is 0 Å². The van der Waals surface area contributed by atoms with E-state index in [-0.39, 0.29) is 5.91 Å². The summed E-state index contributed by atoms with van der Waals surface area (Å²) in [7, 11) is 0. The van der Waals surface area contributed by atoms with Crippen LogP contribution in [0.3, 0.4) is 0 Å². The Labute approximate surface area is 108 Å². The molecule has 0 radical (unpaired) electrons. The second kappa shape index (κ2) is 6.02. The van der Waals surface area contributed by atoms with Gasteiger partial charge < -0.3 is 15.1 Å². The van der Waals surface area contributed by atoms with Crippen LogP contribution in [-0.2, 0) is 0 Å². The van der Waals surface area contributed by atoms with Crippen LogP contribution in [0.25, 0.3) is 0 Å². The summed E-state index contributed by atoms with van der Waals surface area (Å²) in [6.07, 6.45) is 1.02. The van der Waals surface area contributed by atoms with Gasteiger partial charge in [0.25, 0.3) is 5.91 Å². The normalized spacial score (nSPS) is 17.1. The monoisotopic (exact) mass is 251 g/mol. The van der Waals surface area contributed by atoms with Crippen molar-refractivity contribution >= 4 is 5.91 Å². The number of carbonyl (C=O) groups excluding carboxylic acids is 1. The van der Waals surface area contributed by atoms with Crippen molar-refractivity contribution in [2.24, 2.45) is 5.73 Å². The molecule has 1 fully saturated rings. The van der Waals surface area contributed by atoms with Crippen LogP contribution >= 0.6 is 0 Å². The molecule has 2 heterocycles. The van der Waals surface area contributed by atoms with Crippen molar-refractivity contribution in [3.8, 4) is 0 Å². The molecule has 1 amide bonds. The number of piperazine rings is 1. The van der Waals surface area contributed by atoms with Gasteiger partial charge in [-0.25, -0.2) is 0 Å². The molecular weight excluding hydrogens is 230 g/mol. The molecule has 5 nitrogen and oxygen atoms in total. The third-order valence-corrected chi connectivity index (χ3v) is 3.29. The number of aryl methyl sites for hydroxylation is 1. The molecular formula is C13H21N3O2. The van der Waals surface area contributed by atoms with Crippen molar-refractivity contribution < 1.29 is 9.21 Å². The predicted molar refractivity (Wildman–Crippen MR) is 69.5 cm³/mol. The molecule has 0 bridgehead atoms. The molecule has 1 aliphatic rings. The Balaban J connectivity index is 1.84. The van der Waals surface area contributed by atoms with Crippen LogP contribution in [0.5, 0.6) is 0 Å². The second-order valence-electron chi connectivity index (χ2n) is 4.69. The first-order valence-corrected chi connectivity index (χ1v) is 6.49. The number of hydrogen-bond donors (Lipinski definition) is 1. The fraction of sp³-hybridized carbons (Fsp3) is 0.615. The maximum absolute atomic E-state index is 12.1. The van der Waals surface area contributed by atoms with Crippen LogP contribution < -0.4 is 5.73 Å². The topological polar surface area (TPSA) is 62.7 Å². The van der Waals surface area contributed by atoms with Gasteiger partial charge in [0, 0.05) is 26.2 Å². The highest BCUT2D eigenvalue weighted by Gasteiger charge is 2.23. The molecule has 0 unspecified atom stereocenters. The van der Waals surface area contributed by atoms with E-state index in [1.165, 1.54) is 0 Å². The average Bonchev–Trinajstić information content (AvgIpc) is 2.83. The molecule has 100 valence electrons. The zero-order valence-corrected chi connectivity index (χ0v) is 10.9. The highest BCUT2D eigenvalue weighted by molar-refractivity contribution is 5.91. The lowest BCUT2D eigenvalue weighted by atomic mass is 10.2. The second-order valence-corrected chi connectivity index (χ2v) is 4.69. The van der Waals surface area contributed by atoms with Gasteiger partial charge in [-0.3, -0.25) is 9.69 Å². The van der Waals surface area contributed by atoms with Crippen LogP contribution in [0.15, 0.2) is 16.5 Å². The maximum atomic E-state index is 12.1. The lowest BCUT2D eigenvalue weighted by Crippen LogP contribution is -2.49. The standard InChI is InChI=1S/C13H21N3O2/c1-11-3-4-12(18-11)13(17)16-9-7-15(8-10-16)6-2-5-14/h3-4H,2,5-10,14H2,1H3. The first-order chi connectivity index (χ1) is 8.70. The van der Waals surface area contributed by atoms with Crippen molar-refractivity contribution in [1.82, 2.24) is 9.80 Å². The van der Waals surface area contributed by atoms with E-state index in [0.717, 1.165) is 51.4 Å². The van der Waals surface area contributed by atoms with Crippen LogP contribution in [0.2, 0.25) is 0 Å². The number of nitrogens with two attached hydrogens (primary N) is 1. The Morgan fingerprint density at radius 1 is 1.33 bits per heavy atom. The van der Waals surface area contributed by atoms with E-state index in [9.17, 15) is 4.79 Å². The Morgan fingerprint density at radius 2 is 2.06 bits per heavy atom. The summed E-state index contributed by atoms with van der Waals surface area (Å²) >= 11 is 0. The average molecular weight is 251 g/mol. The maximum Gasteiger partial charge on any atom is 0.289 e. The smallest absolute Gasteiger partial charge is 0.289 e. The molecule has 0 saturated carbocycles. The molecule has 1 aliphatic heterocycles. The van der Waals surface area contributed by atoms with Gasteiger partial charge in [-0.1, -0.05) is 0 Å². The van der Waals surface area contributed by atoms with Crippen molar-refractivity contribution in [2.45, 2.75) is 13.3 Å². The number of nitrogens with zero attached hydrogens (tertiary/aromatic N) is 2. The molecule has 2 N–H and O–H groups in total. The van der Waals surface area contributed by atoms with Gasteiger partial charge in [0.15, 0.2) is 5.76 Å². The Kier molecular flexibility index (Phi) is 4.38. The molecule has 2 rings (SSSR count). The number of furan rings is 1. The molecule has 18 heavy (non-hydrogen) atoms. The third kappa shape index (κ3) is 3.11. The molecule has 0 spiro atoms. The quantitative estimate of drug-likeness (QED) is 0.855. The molecule has 0 aliphatic carbocycles. The summed E-state index contributed by atoms with van der Waals surface area (Å²) in [5.74, 6) is 1.23. The van der Waals surface area contributed by atoms with Gasteiger partial charge >= 0.3 is 0 Å². The van der Waals surface area contributed by atoms with Gasteiger partial charge in [-0.05, 0) is 38.6 Å². The van der Waals surface area contributed by atoms with E-state index in [1.807, 2.05) is 17.9 Å². The summed E-state index contributed by atoms with van der Waals surface area (Å²) < 4.78 is 5.37. The lowest BCUT2D eigenvalue weighted by molar-refractivity contribution is 0.0604. The minimum absolute atomic E-state index is 0.00146. The first-order valence-electron chi connectivity index (χ1n) is 6.49. The molecule has 1 aromatic heterocycles. The van der Waals surface area contributed by atoms with Gasteiger partial charge in [0.05, 0.1) is 0 Å². The number of hydrogen-bond acceptors (Lipinski definition) is 4. The van der Waals surface area contributed by atoms with Crippen LogP contribution in [0, 0.1) is 6.92 Å². The van der Waals surface area contributed by atoms with Gasteiger partial charge in [0.2, 0.25) is 0 Å². The Bertz CT molecular complexity index is 395. The number of rotatable bonds is 4. The molecule has 0 atom stereocenters. The lowest BCUT2D eigenvalue weighted by Gasteiger charge is -2.34. The van der Waals surface area contributed by atoms with E-state index in [1.54, 1.807) is 6.07 Å². The molecule has 0 aromatic carbocycles. The van der Waals surface area contributed by atoms with Crippen molar-refractivity contribution in [3.05, 3.63) is 23.7 Å². The van der Waals surface area contributed by atoms with E-state index in [2.05, 4.69) is 4.90 Å². The minimum atomic E-state index is 0.00146.